The van der Waals surface area contributed by atoms with E-state index in [4.69, 9.17) is 10.3 Å². The lowest BCUT2D eigenvalue weighted by Gasteiger charge is -2.10. The van der Waals surface area contributed by atoms with E-state index < -0.39 is 0 Å². The highest BCUT2D eigenvalue weighted by atomic mass is 16.5. The first-order chi connectivity index (χ1) is 10.1. The standard InChI is InChI=1S/C15H21N5O/c1-4-10(2)12-5-7-13(8-6-12)19-15(16)17-9-14-18-11(3)20-21-14/h5-8,10H,4,9H2,1-3H3,(H3,16,17,19). The van der Waals surface area contributed by atoms with E-state index in [1.807, 2.05) is 12.1 Å². The molecule has 3 N–H and O–H groups in total. The maximum absolute atomic E-state index is 5.83. The summed E-state index contributed by atoms with van der Waals surface area (Å²) in [7, 11) is 0. The van der Waals surface area contributed by atoms with Gasteiger partial charge in [0.15, 0.2) is 11.8 Å². The molecule has 0 saturated carbocycles. The number of aromatic nitrogens is 2. The first-order valence-electron chi connectivity index (χ1n) is 7.04. The van der Waals surface area contributed by atoms with E-state index in [1.54, 1.807) is 6.92 Å². The van der Waals surface area contributed by atoms with Crippen LogP contribution < -0.4 is 11.1 Å². The quantitative estimate of drug-likeness (QED) is 0.652. The smallest absolute Gasteiger partial charge is 0.248 e. The van der Waals surface area contributed by atoms with Gasteiger partial charge in [0.05, 0.1) is 0 Å². The summed E-state index contributed by atoms with van der Waals surface area (Å²) in [4.78, 5) is 8.23. The predicted octanol–water partition coefficient (Wildman–Crippen LogP) is 2.82. The molecule has 6 nitrogen and oxygen atoms in total. The summed E-state index contributed by atoms with van der Waals surface area (Å²) in [6.07, 6.45) is 1.12. The van der Waals surface area contributed by atoms with Gasteiger partial charge in [-0.1, -0.05) is 31.1 Å². The summed E-state index contributed by atoms with van der Waals surface area (Å²) < 4.78 is 4.97. The molecule has 2 aromatic rings. The molecule has 21 heavy (non-hydrogen) atoms. The van der Waals surface area contributed by atoms with E-state index in [0.717, 1.165) is 12.1 Å². The van der Waals surface area contributed by atoms with Crippen molar-refractivity contribution in [1.29, 1.82) is 0 Å². The molecule has 1 aromatic carbocycles. The fourth-order valence-electron chi connectivity index (χ4n) is 1.88. The number of aliphatic imine (C=N–C) groups is 1. The summed E-state index contributed by atoms with van der Waals surface area (Å²) in [6.45, 7) is 6.42. The summed E-state index contributed by atoms with van der Waals surface area (Å²) in [5, 5.41) is 6.74. The molecule has 112 valence electrons. The molecular weight excluding hydrogens is 266 g/mol. The molecule has 1 unspecified atom stereocenters. The molecule has 0 aliphatic carbocycles. The maximum atomic E-state index is 5.83. The molecule has 0 radical (unpaired) electrons. The number of rotatable bonds is 5. The SMILES string of the molecule is CCC(C)c1ccc(NC(N)=NCc2nc(C)no2)cc1. The van der Waals surface area contributed by atoms with Gasteiger partial charge in [-0.25, -0.2) is 4.99 Å². The van der Waals surface area contributed by atoms with Crippen molar-refractivity contribution < 1.29 is 4.52 Å². The van der Waals surface area contributed by atoms with Crippen molar-refractivity contribution in [1.82, 2.24) is 10.1 Å². The van der Waals surface area contributed by atoms with Gasteiger partial charge in [0.2, 0.25) is 5.89 Å². The van der Waals surface area contributed by atoms with Crippen molar-refractivity contribution in [3.05, 3.63) is 41.5 Å². The molecule has 0 fully saturated rings. The van der Waals surface area contributed by atoms with E-state index in [-0.39, 0.29) is 6.54 Å². The second-order valence-electron chi connectivity index (χ2n) is 4.99. The zero-order valence-electron chi connectivity index (χ0n) is 12.6. The monoisotopic (exact) mass is 287 g/mol. The van der Waals surface area contributed by atoms with Gasteiger partial charge in [0, 0.05) is 5.69 Å². The van der Waals surface area contributed by atoms with Crippen molar-refractivity contribution >= 4 is 11.6 Å². The van der Waals surface area contributed by atoms with Gasteiger partial charge in [-0.15, -0.1) is 0 Å². The topological polar surface area (TPSA) is 89.3 Å². The minimum absolute atomic E-state index is 0.268. The zero-order valence-corrected chi connectivity index (χ0v) is 12.6. The van der Waals surface area contributed by atoms with Crippen molar-refractivity contribution in [2.75, 3.05) is 5.32 Å². The molecule has 0 amide bonds. The molecule has 1 heterocycles. The van der Waals surface area contributed by atoms with Crippen LogP contribution in [0.15, 0.2) is 33.8 Å². The van der Waals surface area contributed by atoms with Crippen molar-refractivity contribution in [2.45, 2.75) is 39.7 Å². The van der Waals surface area contributed by atoms with Crippen LogP contribution in [0.5, 0.6) is 0 Å². The Morgan fingerprint density at radius 1 is 1.38 bits per heavy atom. The molecule has 0 aliphatic heterocycles. The summed E-state index contributed by atoms with van der Waals surface area (Å²) in [5.74, 6) is 1.92. The fraction of sp³-hybridized carbons (Fsp3) is 0.400. The number of nitrogens with zero attached hydrogens (tertiary/aromatic N) is 3. The first-order valence-corrected chi connectivity index (χ1v) is 7.04. The third kappa shape index (κ3) is 4.30. The number of aryl methyl sites for hydroxylation is 1. The second kappa shape index (κ2) is 6.88. The molecule has 6 heteroatoms. The normalized spacial score (nSPS) is 13.2. The van der Waals surface area contributed by atoms with E-state index in [1.165, 1.54) is 5.56 Å². The molecule has 0 spiro atoms. The summed E-state index contributed by atoms with van der Waals surface area (Å²) >= 11 is 0. The lowest BCUT2D eigenvalue weighted by atomic mass is 9.99. The number of anilines is 1. The highest BCUT2D eigenvalue weighted by molar-refractivity contribution is 5.92. The van der Waals surface area contributed by atoms with Gasteiger partial charge in [0.25, 0.3) is 0 Å². The highest BCUT2D eigenvalue weighted by Gasteiger charge is 2.04. The van der Waals surface area contributed by atoms with Gasteiger partial charge < -0.3 is 15.6 Å². The predicted molar refractivity (Wildman–Crippen MR) is 83.1 cm³/mol. The summed E-state index contributed by atoms with van der Waals surface area (Å²) in [6, 6.07) is 8.21. The number of hydrogen-bond donors (Lipinski definition) is 2. The molecule has 0 saturated heterocycles. The average Bonchev–Trinajstić information content (AvgIpc) is 2.91. The van der Waals surface area contributed by atoms with Gasteiger partial charge >= 0.3 is 0 Å². The van der Waals surface area contributed by atoms with Crippen LogP contribution in [0.3, 0.4) is 0 Å². The van der Waals surface area contributed by atoms with Crippen LogP contribution in [0.25, 0.3) is 0 Å². The van der Waals surface area contributed by atoms with E-state index in [0.29, 0.717) is 23.6 Å². The third-order valence-electron chi connectivity index (χ3n) is 3.32. The minimum Gasteiger partial charge on any atom is -0.370 e. The Balaban J connectivity index is 1.94. The minimum atomic E-state index is 0.268. The Bertz CT molecular complexity index is 603. The van der Waals surface area contributed by atoms with Crippen LogP contribution >= 0.6 is 0 Å². The van der Waals surface area contributed by atoms with Crippen LogP contribution in [-0.2, 0) is 6.54 Å². The molecule has 1 atom stereocenters. The number of nitrogens with one attached hydrogen (secondary N) is 1. The Morgan fingerprint density at radius 2 is 2.10 bits per heavy atom. The van der Waals surface area contributed by atoms with E-state index in [2.05, 4.69) is 46.4 Å². The first kappa shape index (κ1) is 15.0. The highest BCUT2D eigenvalue weighted by Crippen LogP contribution is 2.20. The van der Waals surface area contributed by atoms with Gasteiger partial charge in [-0.05, 0) is 37.0 Å². The van der Waals surface area contributed by atoms with Crippen molar-refractivity contribution in [3.63, 3.8) is 0 Å². The van der Waals surface area contributed by atoms with Crippen LogP contribution in [0.2, 0.25) is 0 Å². The average molecular weight is 287 g/mol. The van der Waals surface area contributed by atoms with Gasteiger partial charge in [-0.3, -0.25) is 0 Å². The Hall–Kier alpha value is -2.37. The van der Waals surface area contributed by atoms with E-state index >= 15 is 0 Å². The van der Waals surface area contributed by atoms with Gasteiger partial charge in [-0.2, -0.15) is 4.98 Å². The molecule has 2 rings (SSSR count). The molecule has 1 aromatic heterocycles. The Kier molecular flexibility index (Phi) is 4.92. The van der Waals surface area contributed by atoms with Crippen molar-refractivity contribution in [2.24, 2.45) is 10.7 Å². The summed E-state index contributed by atoms with van der Waals surface area (Å²) in [5.41, 5.74) is 8.06. The molecule has 0 bridgehead atoms. The largest absolute Gasteiger partial charge is 0.370 e. The lowest BCUT2D eigenvalue weighted by molar-refractivity contribution is 0.376. The number of hydrogen-bond acceptors (Lipinski definition) is 4. The Labute approximate surface area is 124 Å². The zero-order chi connectivity index (χ0) is 15.2. The van der Waals surface area contributed by atoms with Crippen LogP contribution in [-0.4, -0.2) is 16.1 Å². The second-order valence-corrected chi connectivity index (χ2v) is 4.99. The van der Waals surface area contributed by atoms with Crippen LogP contribution in [0.4, 0.5) is 5.69 Å². The third-order valence-corrected chi connectivity index (χ3v) is 3.32. The lowest BCUT2D eigenvalue weighted by Crippen LogP contribution is -2.22. The number of benzene rings is 1. The number of nitrogens with two attached hydrogens (primary N) is 1. The fourth-order valence-corrected chi connectivity index (χ4v) is 1.88. The van der Waals surface area contributed by atoms with E-state index in [9.17, 15) is 0 Å². The molecular formula is C15H21N5O. The maximum Gasteiger partial charge on any atom is 0.248 e. The van der Waals surface area contributed by atoms with Crippen LogP contribution in [0, 0.1) is 6.92 Å². The number of guanidine groups is 1. The Morgan fingerprint density at radius 3 is 2.67 bits per heavy atom. The molecule has 0 aliphatic rings. The van der Waals surface area contributed by atoms with Gasteiger partial charge in [0.1, 0.15) is 6.54 Å². The van der Waals surface area contributed by atoms with Crippen LogP contribution in [0.1, 0.15) is 43.5 Å². The van der Waals surface area contributed by atoms with Crippen molar-refractivity contribution in [3.8, 4) is 0 Å².